The van der Waals surface area contributed by atoms with E-state index >= 15 is 0 Å². The lowest BCUT2D eigenvalue weighted by atomic mass is 9.79. The predicted octanol–water partition coefficient (Wildman–Crippen LogP) is 2.08. The van der Waals surface area contributed by atoms with E-state index in [1.54, 1.807) is 0 Å². The Bertz CT molecular complexity index is 402. The van der Waals surface area contributed by atoms with Crippen molar-refractivity contribution in [2.45, 2.75) is 38.8 Å². The van der Waals surface area contributed by atoms with Crippen LogP contribution in [0.25, 0.3) is 0 Å². The average molecular weight is 246 g/mol. The molecule has 3 nitrogen and oxygen atoms in total. The lowest BCUT2D eigenvalue weighted by molar-refractivity contribution is -0.131. The summed E-state index contributed by atoms with van der Waals surface area (Å²) < 4.78 is 0. The van der Waals surface area contributed by atoms with Crippen molar-refractivity contribution >= 4 is 5.91 Å². The second-order valence-corrected chi connectivity index (χ2v) is 5.32. The molecule has 0 aliphatic carbocycles. The Labute approximate surface area is 109 Å². The van der Waals surface area contributed by atoms with Crippen LogP contribution in [0.5, 0.6) is 0 Å². The number of piperidine rings is 1. The fourth-order valence-corrected chi connectivity index (χ4v) is 2.62. The molecule has 1 aromatic rings. The molecule has 1 aliphatic rings. The lowest BCUT2D eigenvalue weighted by Gasteiger charge is -2.40. The topological polar surface area (TPSA) is 41.1 Å². The molecule has 1 saturated heterocycles. The number of carbonyl (C=O) groups excluding carboxylic acids is 1. The van der Waals surface area contributed by atoms with Crippen LogP contribution in [0.4, 0.5) is 0 Å². The number of rotatable bonds is 4. The molecule has 2 N–H and O–H groups in total. The standard InChI is InChI=1S/C15H22N2O/c1-12(2)15(9-6-10-16-14(15)18)17-11-13-7-4-3-5-8-13/h3-5,7-8,12,17H,6,9-11H2,1-2H3,(H,16,18). The summed E-state index contributed by atoms with van der Waals surface area (Å²) in [5.74, 6) is 0.446. The minimum absolute atomic E-state index is 0.152. The summed E-state index contributed by atoms with van der Waals surface area (Å²) in [5.41, 5.74) is 0.810. The summed E-state index contributed by atoms with van der Waals surface area (Å²) in [7, 11) is 0. The summed E-state index contributed by atoms with van der Waals surface area (Å²) in [5, 5.41) is 6.48. The molecule has 1 amide bonds. The van der Waals surface area contributed by atoms with Crippen molar-refractivity contribution in [2.24, 2.45) is 5.92 Å². The van der Waals surface area contributed by atoms with E-state index in [4.69, 9.17) is 0 Å². The van der Waals surface area contributed by atoms with Crippen LogP contribution in [0.3, 0.4) is 0 Å². The van der Waals surface area contributed by atoms with Crippen molar-refractivity contribution in [3.8, 4) is 0 Å². The lowest BCUT2D eigenvalue weighted by Crippen LogP contribution is -2.62. The van der Waals surface area contributed by atoms with Crippen LogP contribution in [0.1, 0.15) is 32.3 Å². The number of hydrogen-bond donors (Lipinski definition) is 2. The van der Waals surface area contributed by atoms with Gasteiger partial charge in [0.15, 0.2) is 0 Å². The average Bonchev–Trinajstić information content (AvgIpc) is 2.39. The first kappa shape index (κ1) is 13.1. The summed E-state index contributed by atoms with van der Waals surface area (Å²) in [6.45, 7) is 5.78. The van der Waals surface area contributed by atoms with E-state index < -0.39 is 5.54 Å². The molecular formula is C15H22N2O. The first-order chi connectivity index (χ1) is 8.65. The molecule has 0 radical (unpaired) electrons. The Hall–Kier alpha value is -1.35. The molecule has 1 atom stereocenters. The van der Waals surface area contributed by atoms with Crippen molar-refractivity contribution in [1.82, 2.24) is 10.6 Å². The Morgan fingerprint density at radius 1 is 1.33 bits per heavy atom. The van der Waals surface area contributed by atoms with Crippen molar-refractivity contribution in [1.29, 1.82) is 0 Å². The fourth-order valence-electron chi connectivity index (χ4n) is 2.62. The van der Waals surface area contributed by atoms with Crippen molar-refractivity contribution < 1.29 is 4.79 Å². The van der Waals surface area contributed by atoms with E-state index in [1.165, 1.54) is 5.56 Å². The van der Waals surface area contributed by atoms with Gasteiger partial charge in [-0.3, -0.25) is 10.1 Å². The highest BCUT2D eigenvalue weighted by atomic mass is 16.2. The molecule has 0 saturated carbocycles. The molecule has 2 rings (SSSR count). The van der Waals surface area contributed by atoms with Gasteiger partial charge in [0.1, 0.15) is 5.54 Å². The van der Waals surface area contributed by atoms with Crippen molar-refractivity contribution in [3.05, 3.63) is 35.9 Å². The zero-order valence-electron chi connectivity index (χ0n) is 11.2. The van der Waals surface area contributed by atoms with Gasteiger partial charge in [0, 0.05) is 13.1 Å². The van der Waals surface area contributed by atoms with Crippen LogP contribution < -0.4 is 10.6 Å². The maximum Gasteiger partial charge on any atom is 0.240 e. The highest BCUT2D eigenvalue weighted by Crippen LogP contribution is 2.26. The number of hydrogen-bond acceptors (Lipinski definition) is 2. The molecule has 1 aliphatic heterocycles. The van der Waals surface area contributed by atoms with Crippen LogP contribution in [-0.4, -0.2) is 18.0 Å². The summed E-state index contributed by atoms with van der Waals surface area (Å²) in [6, 6.07) is 10.2. The van der Waals surface area contributed by atoms with Crippen LogP contribution >= 0.6 is 0 Å². The van der Waals surface area contributed by atoms with Crippen LogP contribution in [0.2, 0.25) is 0 Å². The summed E-state index contributed by atoms with van der Waals surface area (Å²) in [6.07, 6.45) is 1.97. The third-order valence-electron chi connectivity index (χ3n) is 3.88. The minimum atomic E-state index is -0.409. The van der Waals surface area contributed by atoms with Gasteiger partial charge in [0.2, 0.25) is 5.91 Å². The van der Waals surface area contributed by atoms with Gasteiger partial charge in [-0.1, -0.05) is 44.2 Å². The molecular weight excluding hydrogens is 224 g/mol. The van der Waals surface area contributed by atoms with Crippen LogP contribution in [-0.2, 0) is 11.3 Å². The maximum absolute atomic E-state index is 12.2. The smallest absolute Gasteiger partial charge is 0.240 e. The Morgan fingerprint density at radius 2 is 2.06 bits per heavy atom. The monoisotopic (exact) mass is 246 g/mol. The summed E-state index contributed by atoms with van der Waals surface area (Å²) in [4.78, 5) is 12.2. The fraction of sp³-hybridized carbons (Fsp3) is 0.533. The van der Waals surface area contributed by atoms with Crippen LogP contribution in [0.15, 0.2) is 30.3 Å². The van der Waals surface area contributed by atoms with Crippen molar-refractivity contribution in [2.75, 3.05) is 6.54 Å². The first-order valence-corrected chi connectivity index (χ1v) is 6.72. The SMILES string of the molecule is CC(C)C1(NCc2ccccc2)CCCNC1=O. The van der Waals surface area contributed by atoms with Gasteiger partial charge >= 0.3 is 0 Å². The molecule has 3 heteroatoms. The zero-order chi connectivity index (χ0) is 13.0. The quantitative estimate of drug-likeness (QED) is 0.854. The molecule has 1 heterocycles. The van der Waals surface area contributed by atoms with Gasteiger partial charge < -0.3 is 5.32 Å². The molecule has 98 valence electrons. The van der Waals surface area contributed by atoms with Gasteiger partial charge in [-0.25, -0.2) is 0 Å². The van der Waals surface area contributed by atoms with E-state index in [-0.39, 0.29) is 5.91 Å². The highest BCUT2D eigenvalue weighted by molar-refractivity contribution is 5.87. The number of nitrogens with one attached hydrogen (secondary N) is 2. The van der Waals surface area contributed by atoms with Gasteiger partial charge in [0.25, 0.3) is 0 Å². The largest absolute Gasteiger partial charge is 0.354 e. The van der Waals surface area contributed by atoms with Gasteiger partial charge in [-0.15, -0.1) is 0 Å². The van der Waals surface area contributed by atoms with Gasteiger partial charge in [-0.05, 0) is 24.3 Å². The Balaban J connectivity index is 2.09. The minimum Gasteiger partial charge on any atom is -0.354 e. The second kappa shape index (κ2) is 5.53. The van der Waals surface area contributed by atoms with Gasteiger partial charge in [-0.2, -0.15) is 0 Å². The molecule has 0 spiro atoms. The first-order valence-electron chi connectivity index (χ1n) is 6.72. The van der Waals surface area contributed by atoms with Crippen molar-refractivity contribution in [3.63, 3.8) is 0 Å². The van der Waals surface area contributed by atoms with E-state index in [9.17, 15) is 4.79 Å². The van der Waals surface area contributed by atoms with Crippen LogP contribution in [0, 0.1) is 5.92 Å². The summed E-state index contributed by atoms with van der Waals surface area (Å²) >= 11 is 0. The predicted molar refractivity (Wildman–Crippen MR) is 73.1 cm³/mol. The molecule has 1 fully saturated rings. The third-order valence-corrected chi connectivity index (χ3v) is 3.88. The maximum atomic E-state index is 12.2. The second-order valence-electron chi connectivity index (χ2n) is 5.32. The van der Waals surface area contributed by atoms with E-state index in [1.807, 2.05) is 18.2 Å². The van der Waals surface area contributed by atoms with Gasteiger partial charge in [0.05, 0.1) is 0 Å². The number of carbonyl (C=O) groups is 1. The normalized spacial score (nSPS) is 24.1. The van der Waals surface area contributed by atoms with E-state index in [0.717, 1.165) is 25.9 Å². The molecule has 1 unspecified atom stereocenters. The molecule has 1 aromatic carbocycles. The molecule has 18 heavy (non-hydrogen) atoms. The number of amides is 1. The zero-order valence-corrected chi connectivity index (χ0v) is 11.2. The number of benzene rings is 1. The van der Waals surface area contributed by atoms with E-state index in [2.05, 4.69) is 36.6 Å². The molecule has 0 aromatic heterocycles. The third kappa shape index (κ3) is 2.56. The Morgan fingerprint density at radius 3 is 2.67 bits per heavy atom. The Kier molecular flexibility index (Phi) is 4.02. The van der Waals surface area contributed by atoms with E-state index in [0.29, 0.717) is 5.92 Å². The molecule has 0 bridgehead atoms. The highest BCUT2D eigenvalue weighted by Gasteiger charge is 2.42.